The van der Waals surface area contributed by atoms with Gasteiger partial charge in [-0.1, -0.05) is 35.1 Å². The summed E-state index contributed by atoms with van der Waals surface area (Å²) in [6.07, 6.45) is 9.54. The number of rotatable bonds is 12. The number of carbonyl (C=O) groups is 2. The number of hydrogen-bond acceptors (Lipinski definition) is 13. The molecule has 3 aliphatic heterocycles. The molecule has 1 amide bonds. The molecule has 3 aliphatic rings. The summed E-state index contributed by atoms with van der Waals surface area (Å²) in [4.78, 5) is 73.2. The number of thiazole rings is 1. The number of piperazine rings is 1. The molecule has 17 heteroatoms. The van der Waals surface area contributed by atoms with Crippen molar-refractivity contribution in [1.82, 2.24) is 34.3 Å². The monoisotopic (exact) mass is 867 g/mol. The lowest BCUT2D eigenvalue weighted by Crippen LogP contribution is -2.47. The lowest BCUT2D eigenvalue weighted by molar-refractivity contribution is -0.130. The topological polar surface area (TPSA) is 165 Å². The zero-order valence-electron chi connectivity index (χ0n) is 35.0. The molecule has 322 valence electrons. The van der Waals surface area contributed by atoms with Gasteiger partial charge in [0.1, 0.15) is 17.5 Å². The molecule has 3 saturated heterocycles. The second-order valence-electron chi connectivity index (χ2n) is 16.0. The van der Waals surface area contributed by atoms with Gasteiger partial charge in [0.2, 0.25) is 5.91 Å². The maximum atomic E-state index is 13.2. The number of aromatic amines is 1. The van der Waals surface area contributed by atoms with Crippen molar-refractivity contribution in [3.05, 3.63) is 109 Å². The van der Waals surface area contributed by atoms with Crippen LogP contribution in [0.1, 0.15) is 59.6 Å². The van der Waals surface area contributed by atoms with E-state index in [1.807, 2.05) is 69.4 Å². The highest BCUT2D eigenvalue weighted by Gasteiger charge is 2.42. The SMILES string of the molecule is CNc1c(C)cccc1Cl.Cc1nc(Nc2ncc(C=O)s2)cc(N2CCN(CCCCC(=O)N3CCC4(CCN(c5ccc(-n6ccc(=O)[nH]c6=O)cc5)CC4)C3)CC2)n1. The van der Waals surface area contributed by atoms with Crippen LogP contribution in [-0.2, 0) is 4.79 Å². The van der Waals surface area contributed by atoms with Crippen molar-refractivity contribution in [3.63, 3.8) is 0 Å². The van der Waals surface area contributed by atoms with E-state index in [1.54, 1.807) is 6.20 Å². The molecule has 15 nitrogen and oxygen atoms in total. The van der Waals surface area contributed by atoms with Crippen LogP contribution >= 0.6 is 22.9 Å². The molecule has 3 N–H and O–H groups in total. The number of H-pyrrole nitrogens is 1. The molecule has 0 radical (unpaired) electrons. The van der Waals surface area contributed by atoms with E-state index in [4.69, 9.17) is 11.6 Å². The molecule has 3 fully saturated rings. The summed E-state index contributed by atoms with van der Waals surface area (Å²) >= 11 is 7.16. The van der Waals surface area contributed by atoms with Crippen molar-refractivity contribution in [3.8, 4) is 5.69 Å². The van der Waals surface area contributed by atoms with Gasteiger partial charge in [-0.15, -0.1) is 0 Å². The van der Waals surface area contributed by atoms with Gasteiger partial charge in [-0.25, -0.2) is 19.7 Å². The molecular formula is C44H54ClN11O4S. The maximum absolute atomic E-state index is 13.2. The molecular weight excluding hydrogens is 814 g/mol. The number of nitrogens with zero attached hydrogens (tertiary/aromatic N) is 8. The predicted octanol–water partition coefficient (Wildman–Crippen LogP) is 6.14. The van der Waals surface area contributed by atoms with Crippen molar-refractivity contribution < 1.29 is 9.59 Å². The average Bonchev–Trinajstić information content (AvgIpc) is 3.90. The molecule has 0 aliphatic carbocycles. The maximum Gasteiger partial charge on any atom is 0.332 e. The minimum absolute atomic E-state index is 0.203. The van der Waals surface area contributed by atoms with Gasteiger partial charge in [-0.05, 0) is 93.8 Å². The number of carbonyl (C=O) groups excluding carboxylic acids is 2. The Morgan fingerprint density at radius 1 is 0.918 bits per heavy atom. The number of hydrogen-bond donors (Lipinski definition) is 3. The van der Waals surface area contributed by atoms with Gasteiger partial charge < -0.3 is 25.3 Å². The number of nitrogens with one attached hydrogen (secondary N) is 3. The predicted molar refractivity (Wildman–Crippen MR) is 244 cm³/mol. The smallest absolute Gasteiger partial charge is 0.332 e. The standard InChI is InChI=1S/C36H44N10O4S.C8H10ClN/c1-26-38-30(40-34-37-23-29(24-47)51-34)22-31(39-26)44-20-18-42(19-21-44)13-3-2-4-33(49)45-17-12-36(25-45)10-15-43(16-11-36)27-5-7-28(8-6-27)46-14-9-32(48)41-35(46)50;1-6-4-3-5-7(9)8(6)10-2/h5-9,14,22-24H,2-4,10-13,15-21,25H2,1H3,(H,41,48,50)(H,37,38,39,40);3-5,10H,1-2H3. The fraction of sp³-hybridized carbons (Fsp3) is 0.432. The van der Waals surface area contributed by atoms with Gasteiger partial charge >= 0.3 is 5.69 Å². The van der Waals surface area contributed by atoms with E-state index >= 15 is 0 Å². The molecule has 0 unspecified atom stereocenters. The number of likely N-dealkylation sites (tertiary alicyclic amines) is 1. The average molecular weight is 869 g/mol. The quantitative estimate of drug-likeness (QED) is 0.0972. The molecule has 1 spiro atoms. The first-order valence-corrected chi connectivity index (χ1v) is 22.1. The molecule has 61 heavy (non-hydrogen) atoms. The summed E-state index contributed by atoms with van der Waals surface area (Å²) in [5.74, 6) is 2.51. The highest BCUT2D eigenvalue weighted by Crippen LogP contribution is 2.41. The van der Waals surface area contributed by atoms with Crippen LogP contribution in [0, 0.1) is 19.3 Å². The molecule has 2 aromatic carbocycles. The van der Waals surface area contributed by atoms with Crippen LogP contribution in [0.5, 0.6) is 0 Å². The second-order valence-corrected chi connectivity index (χ2v) is 17.5. The molecule has 3 aromatic heterocycles. The number of halogens is 1. The molecule has 8 rings (SSSR count). The zero-order valence-corrected chi connectivity index (χ0v) is 36.6. The summed E-state index contributed by atoms with van der Waals surface area (Å²) < 4.78 is 1.43. The first-order chi connectivity index (χ1) is 29.5. The Morgan fingerprint density at radius 3 is 2.33 bits per heavy atom. The van der Waals surface area contributed by atoms with E-state index in [1.165, 1.54) is 33.7 Å². The highest BCUT2D eigenvalue weighted by atomic mass is 35.5. The van der Waals surface area contributed by atoms with E-state index in [0.29, 0.717) is 33.8 Å². The number of unbranched alkanes of at least 4 members (excludes halogenated alkanes) is 1. The number of aryl methyl sites for hydroxylation is 2. The van der Waals surface area contributed by atoms with Gasteiger partial charge in [0, 0.05) is 89.8 Å². The van der Waals surface area contributed by atoms with Crippen molar-refractivity contribution in [2.24, 2.45) is 5.41 Å². The Kier molecular flexibility index (Phi) is 14.2. The van der Waals surface area contributed by atoms with Gasteiger partial charge in [-0.2, -0.15) is 0 Å². The van der Waals surface area contributed by atoms with Gasteiger partial charge in [-0.3, -0.25) is 28.8 Å². The summed E-state index contributed by atoms with van der Waals surface area (Å²) in [5, 5.41) is 7.63. The number of amides is 1. The van der Waals surface area contributed by atoms with Crippen LogP contribution in [0.15, 0.2) is 76.6 Å². The number of aldehydes is 1. The van der Waals surface area contributed by atoms with E-state index in [0.717, 1.165) is 120 Å². The fourth-order valence-electron chi connectivity index (χ4n) is 8.45. The van der Waals surface area contributed by atoms with Crippen LogP contribution in [-0.4, -0.2) is 112 Å². The van der Waals surface area contributed by atoms with Crippen LogP contribution in [0.3, 0.4) is 0 Å². The summed E-state index contributed by atoms with van der Waals surface area (Å²) in [6.45, 7) is 12.1. The first-order valence-electron chi connectivity index (χ1n) is 20.9. The lowest BCUT2D eigenvalue weighted by Gasteiger charge is -2.40. The fourth-order valence-corrected chi connectivity index (χ4v) is 9.40. The van der Waals surface area contributed by atoms with Crippen LogP contribution in [0.25, 0.3) is 5.69 Å². The largest absolute Gasteiger partial charge is 0.387 e. The normalized spacial score (nSPS) is 16.3. The summed E-state index contributed by atoms with van der Waals surface area (Å²) in [5.41, 5.74) is 3.37. The van der Waals surface area contributed by atoms with E-state index in [-0.39, 0.29) is 11.3 Å². The Morgan fingerprint density at radius 2 is 1.66 bits per heavy atom. The molecule has 0 atom stereocenters. The Balaban J connectivity index is 0.000000494. The first kappa shape index (κ1) is 43.5. The third kappa shape index (κ3) is 11.0. The molecule has 6 heterocycles. The molecule has 0 bridgehead atoms. The summed E-state index contributed by atoms with van der Waals surface area (Å²) in [6, 6.07) is 17.0. The van der Waals surface area contributed by atoms with E-state index in [9.17, 15) is 19.2 Å². The van der Waals surface area contributed by atoms with Crippen LogP contribution < -0.4 is 31.7 Å². The van der Waals surface area contributed by atoms with Crippen molar-refractivity contribution in [1.29, 1.82) is 0 Å². The summed E-state index contributed by atoms with van der Waals surface area (Å²) in [7, 11) is 1.87. The van der Waals surface area contributed by atoms with Crippen molar-refractivity contribution >= 4 is 63.3 Å². The Bertz CT molecular complexity index is 2380. The van der Waals surface area contributed by atoms with Crippen molar-refractivity contribution in [2.75, 3.05) is 86.4 Å². The third-order valence-electron chi connectivity index (χ3n) is 11.9. The van der Waals surface area contributed by atoms with Gasteiger partial charge in [0.15, 0.2) is 11.4 Å². The minimum atomic E-state index is -0.450. The van der Waals surface area contributed by atoms with E-state index < -0.39 is 11.2 Å². The van der Waals surface area contributed by atoms with E-state index in [2.05, 4.69) is 50.2 Å². The number of para-hydroxylation sites is 1. The second kappa shape index (κ2) is 19.9. The molecule has 5 aromatic rings. The van der Waals surface area contributed by atoms with Crippen LogP contribution in [0.2, 0.25) is 5.02 Å². The minimum Gasteiger partial charge on any atom is -0.387 e. The van der Waals surface area contributed by atoms with Gasteiger partial charge in [0.25, 0.3) is 5.56 Å². The zero-order chi connectivity index (χ0) is 42.9. The van der Waals surface area contributed by atoms with Gasteiger partial charge in [0.05, 0.1) is 27.5 Å². The number of benzene rings is 2. The Labute approximate surface area is 364 Å². The molecule has 0 saturated carbocycles. The number of piperidine rings is 1. The number of aromatic nitrogens is 5. The van der Waals surface area contributed by atoms with Crippen LogP contribution in [0.4, 0.5) is 28.1 Å². The lowest BCUT2D eigenvalue weighted by atomic mass is 9.77. The van der Waals surface area contributed by atoms with Crippen molar-refractivity contribution in [2.45, 2.75) is 52.4 Å². The number of anilines is 5. The third-order valence-corrected chi connectivity index (χ3v) is 13.1. The highest BCUT2D eigenvalue weighted by molar-refractivity contribution is 7.17. The Hall–Kier alpha value is -5.58.